The quantitative estimate of drug-likeness (QED) is 0.789. The molecule has 2 aromatic rings. The van der Waals surface area contributed by atoms with E-state index in [9.17, 15) is 4.79 Å². The maximum Gasteiger partial charge on any atom is 0.246 e. The molecule has 0 bridgehead atoms. The van der Waals surface area contributed by atoms with Gasteiger partial charge in [0.15, 0.2) is 0 Å². The van der Waals surface area contributed by atoms with Crippen molar-refractivity contribution in [2.24, 2.45) is 5.92 Å². The Kier molecular flexibility index (Phi) is 3.58. The van der Waals surface area contributed by atoms with Crippen LogP contribution in [0.5, 0.6) is 0 Å². The Labute approximate surface area is 117 Å². The van der Waals surface area contributed by atoms with Gasteiger partial charge >= 0.3 is 0 Å². The SMILES string of the molecule is O=C(/C=C/c1ccccc1)N1CC(Cn2cncn2)C1. The molecular formula is C15H16N4O. The molecule has 0 unspecified atom stereocenters. The van der Waals surface area contributed by atoms with Crippen LogP contribution in [0, 0.1) is 5.92 Å². The third-order valence-corrected chi connectivity index (χ3v) is 3.40. The molecule has 0 aliphatic carbocycles. The fourth-order valence-corrected chi connectivity index (χ4v) is 2.29. The first kappa shape index (κ1) is 12.6. The minimum absolute atomic E-state index is 0.0729. The van der Waals surface area contributed by atoms with Gasteiger partial charge in [-0.15, -0.1) is 0 Å². The van der Waals surface area contributed by atoms with Crippen LogP contribution in [0.25, 0.3) is 6.08 Å². The van der Waals surface area contributed by atoms with Gasteiger partial charge in [0.1, 0.15) is 12.7 Å². The predicted octanol–water partition coefficient (Wildman–Crippen LogP) is 1.45. The molecule has 2 heterocycles. The van der Waals surface area contributed by atoms with Gasteiger partial charge in [-0.2, -0.15) is 5.10 Å². The van der Waals surface area contributed by atoms with Crippen LogP contribution in [0.4, 0.5) is 0 Å². The first-order valence-corrected chi connectivity index (χ1v) is 6.66. The van der Waals surface area contributed by atoms with Gasteiger partial charge in [0.2, 0.25) is 5.91 Å². The lowest BCUT2D eigenvalue weighted by Crippen LogP contribution is -2.50. The molecule has 1 aliphatic heterocycles. The minimum atomic E-state index is 0.0729. The van der Waals surface area contributed by atoms with Gasteiger partial charge in [0.25, 0.3) is 0 Å². The number of aromatic nitrogens is 3. The van der Waals surface area contributed by atoms with Gasteiger partial charge in [-0.1, -0.05) is 30.3 Å². The molecule has 1 fully saturated rings. The summed E-state index contributed by atoms with van der Waals surface area (Å²) in [5.74, 6) is 0.550. The smallest absolute Gasteiger partial charge is 0.246 e. The highest BCUT2D eigenvalue weighted by Crippen LogP contribution is 2.17. The number of carbonyl (C=O) groups is 1. The number of likely N-dealkylation sites (tertiary alicyclic amines) is 1. The first-order valence-electron chi connectivity index (χ1n) is 6.66. The summed E-state index contributed by atoms with van der Waals surface area (Å²) in [6.45, 7) is 2.40. The van der Waals surface area contributed by atoms with E-state index in [-0.39, 0.29) is 5.91 Å². The van der Waals surface area contributed by atoms with Gasteiger partial charge < -0.3 is 4.90 Å². The monoisotopic (exact) mass is 268 g/mol. The number of hydrogen-bond acceptors (Lipinski definition) is 3. The fraction of sp³-hybridized carbons (Fsp3) is 0.267. The largest absolute Gasteiger partial charge is 0.338 e. The van der Waals surface area contributed by atoms with Crippen molar-refractivity contribution in [2.75, 3.05) is 13.1 Å². The van der Waals surface area contributed by atoms with Gasteiger partial charge in [-0.3, -0.25) is 9.48 Å². The molecule has 5 heteroatoms. The molecule has 0 N–H and O–H groups in total. The molecule has 3 rings (SSSR count). The van der Waals surface area contributed by atoms with Crippen LogP contribution in [0.1, 0.15) is 5.56 Å². The highest BCUT2D eigenvalue weighted by atomic mass is 16.2. The van der Waals surface area contributed by atoms with Crippen molar-refractivity contribution >= 4 is 12.0 Å². The van der Waals surface area contributed by atoms with Crippen molar-refractivity contribution in [2.45, 2.75) is 6.54 Å². The molecular weight excluding hydrogens is 252 g/mol. The highest BCUT2D eigenvalue weighted by Gasteiger charge is 2.29. The van der Waals surface area contributed by atoms with E-state index in [1.54, 1.807) is 12.4 Å². The van der Waals surface area contributed by atoms with Crippen LogP contribution in [-0.2, 0) is 11.3 Å². The zero-order valence-electron chi connectivity index (χ0n) is 11.1. The number of benzene rings is 1. The summed E-state index contributed by atoms with van der Waals surface area (Å²) in [4.78, 5) is 17.7. The van der Waals surface area contributed by atoms with Crippen LogP contribution >= 0.6 is 0 Å². The van der Waals surface area contributed by atoms with Gasteiger partial charge in [0, 0.05) is 31.6 Å². The summed E-state index contributed by atoms with van der Waals surface area (Å²) in [6, 6.07) is 9.84. The molecule has 1 amide bonds. The van der Waals surface area contributed by atoms with Crippen LogP contribution in [0.3, 0.4) is 0 Å². The van der Waals surface area contributed by atoms with E-state index < -0.39 is 0 Å². The second-order valence-electron chi connectivity index (χ2n) is 4.97. The Morgan fingerprint density at radius 3 is 2.80 bits per heavy atom. The molecule has 1 aromatic heterocycles. The first-order chi connectivity index (χ1) is 9.81. The maximum absolute atomic E-state index is 12.0. The summed E-state index contributed by atoms with van der Waals surface area (Å²) < 4.78 is 1.81. The fourth-order valence-electron chi connectivity index (χ4n) is 2.29. The van der Waals surface area contributed by atoms with Crippen LogP contribution in [0.15, 0.2) is 49.1 Å². The number of hydrogen-bond donors (Lipinski definition) is 0. The molecule has 5 nitrogen and oxygen atoms in total. The van der Waals surface area contributed by atoms with Crippen molar-refractivity contribution in [1.82, 2.24) is 19.7 Å². The topological polar surface area (TPSA) is 51.0 Å². The third-order valence-electron chi connectivity index (χ3n) is 3.40. The molecule has 1 aromatic carbocycles. The predicted molar refractivity (Wildman–Crippen MR) is 75.6 cm³/mol. The number of nitrogens with zero attached hydrogens (tertiary/aromatic N) is 4. The Bertz CT molecular complexity index is 586. The van der Waals surface area contributed by atoms with Crippen molar-refractivity contribution in [3.05, 3.63) is 54.6 Å². The summed E-state index contributed by atoms with van der Waals surface area (Å²) in [7, 11) is 0. The van der Waals surface area contributed by atoms with Crippen molar-refractivity contribution in [1.29, 1.82) is 0 Å². The molecule has 0 spiro atoms. The van der Waals surface area contributed by atoms with Crippen molar-refractivity contribution in [3.63, 3.8) is 0 Å². The van der Waals surface area contributed by atoms with Crippen LogP contribution < -0.4 is 0 Å². The lowest BCUT2D eigenvalue weighted by molar-refractivity contribution is -0.132. The number of rotatable bonds is 4. The van der Waals surface area contributed by atoms with E-state index in [2.05, 4.69) is 10.1 Å². The number of carbonyl (C=O) groups excluding carboxylic acids is 1. The molecule has 1 saturated heterocycles. The molecule has 1 aliphatic rings. The Hall–Kier alpha value is -2.43. The van der Waals surface area contributed by atoms with E-state index in [1.807, 2.05) is 46.0 Å². The standard InChI is InChI=1S/C15H16N4O/c20-15(7-6-13-4-2-1-3-5-13)18-8-14(9-18)10-19-12-16-11-17-19/h1-7,11-12,14H,8-10H2/b7-6+. The minimum Gasteiger partial charge on any atom is -0.338 e. The van der Waals surface area contributed by atoms with Gasteiger partial charge in [0.05, 0.1) is 0 Å². The van der Waals surface area contributed by atoms with E-state index in [4.69, 9.17) is 0 Å². The maximum atomic E-state index is 12.0. The average Bonchev–Trinajstić information content (AvgIpc) is 2.94. The second kappa shape index (κ2) is 5.69. The Balaban J connectivity index is 1.47. The average molecular weight is 268 g/mol. The lowest BCUT2D eigenvalue weighted by Gasteiger charge is -2.38. The third kappa shape index (κ3) is 2.93. The van der Waals surface area contributed by atoms with E-state index in [0.29, 0.717) is 5.92 Å². The van der Waals surface area contributed by atoms with Crippen LogP contribution in [-0.4, -0.2) is 38.7 Å². The zero-order valence-corrected chi connectivity index (χ0v) is 11.1. The molecule has 20 heavy (non-hydrogen) atoms. The summed E-state index contributed by atoms with van der Waals surface area (Å²) in [5.41, 5.74) is 1.04. The van der Waals surface area contributed by atoms with E-state index in [0.717, 1.165) is 25.2 Å². The summed E-state index contributed by atoms with van der Waals surface area (Å²) >= 11 is 0. The zero-order chi connectivity index (χ0) is 13.8. The summed E-state index contributed by atoms with van der Waals surface area (Å²) in [5, 5.41) is 4.07. The molecule has 0 saturated carbocycles. The van der Waals surface area contributed by atoms with Gasteiger partial charge in [-0.05, 0) is 11.6 Å². The number of amides is 1. The molecule has 0 radical (unpaired) electrons. The normalized spacial score (nSPS) is 15.5. The Morgan fingerprint density at radius 2 is 2.10 bits per heavy atom. The summed E-state index contributed by atoms with van der Waals surface area (Å²) in [6.07, 6.45) is 6.73. The van der Waals surface area contributed by atoms with E-state index in [1.165, 1.54) is 6.33 Å². The molecule has 0 atom stereocenters. The van der Waals surface area contributed by atoms with Crippen molar-refractivity contribution < 1.29 is 4.79 Å². The van der Waals surface area contributed by atoms with Crippen LogP contribution in [0.2, 0.25) is 0 Å². The van der Waals surface area contributed by atoms with Crippen molar-refractivity contribution in [3.8, 4) is 0 Å². The van der Waals surface area contributed by atoms with E-state index >= 15 is 0 Å². The van der Waals surface area contributed by atoms with Gasteiger partial charge in [-0.25, -0.2) is 4.98 Å². The molecule has 102 valence electrons. The Morgan fingerprint density at radius 1 is 1.30 bits per heavy atom. The second-order valence-corrected chi connectivity index (χ2v) is 4.97. The highest BCUT2D eigenvalue weighted by molar-refractivity contribution is 5.92. The lowest BCUT2D eigenvalue weighted by atomic mass is 10.00.